The van der Waals surface area contributed by atoms with Crippen molar-refractivity contribution < 1.29 is 26.4 Å². The number of rotatable bonds is 3. The first-order chi connectivity index (χ1) is 13.1. The Kier molecular flexibility index (Phi) is 5.44. The maximum atomic E-state index is 12.9. The van der Waals surface area contributed by atoms with Gasteiger partial charge >= 0.3 is 6.18 Å². The number of benzene rings is 1. The van der Waals surface area contributed by atoms with Gasteiger partial charge in [-0.3, -0.25) is 4.79 Å². The van der Waals surface area contributed by atoms with Crippen LogP contribution in [-0.4, -0.2) is 54.7 Å². The van der Waals surface area contributed by atoms with Gasteiger partial charge in [-0.2, -0.15) is 17.5 Å². The molecule has 0 bridgehead atoms. The number of carbonyl (C=O) groups is 1. The first-order valence-electron chi connectivity index (χ1n) is 8.49. The van der Waals surface area contributed by atoms with Crippen LogP contribution in [0.5, 0.6) is 0 Å². The van der Waals surface area contributed by atoms with E-state index in [1.807, 2.05) is 0 Å². The molecule has 1 amide bonds. The van der Waals surface area contributed by atoms with Crippen molar-refractivity contribution in [2.75, 3.05) is 26.2 Å². The van der Waals surface area contributed by atoms with Gasteiger partial charge in [-0.15, -0.1) is 0 Å². The summed E-state index contributed by atoms with van der Waals surface area (Å²) in [5.74, 6) is -0.306. The van der Waals surface area contributed by atoms with Gasteiger partial charge in [0.1, 0.15) is 5.69 Å². The molecule has 1 fully saturated rings. The van der Waals surface area contributed by atoms with Crippen LogP contribution < -0.4 is 0 Å². The zero-order valence-corrected chi connectivity index (χ0v) is 15.8. The van der Waals surface area contributed by atoms with Crippen LogP contribution >= 0.6 is 0 Å². The fourth-order valence-electron chi connectivity index (χ4n) is 2.94. The second-order valence-corrected chi connectivity index (χ2v) is 8.32. The smallest absolute Gasteiger partial charge is 0.335 e. The predicted molar refractivity (Wildman–Crippen MR) is 95.1 cm³/mol. The van der Waals surface area contributed by atoms with Crippen molar-refractivity contribution in [1.82, 2.24) is 14.2 Å². The summed E-state index contributed by atoms with van der Waals surface area (Å²) in [7, 11) is -4.09. The molecule has 3 rings (SSSR count). The van der Waals surface area contributed by atoms with Gasteiger partial charge in [0.25, 0.3) is 5.91 Å². The molecule has 1 aromatic carbocycles. The number of hydrogen-bond acceptors (Lipinski definition) is 4. The number of aryl methyl sites for hydroxylation is 1. The Labute approximate surface area is 160 Å². The number of amides is 1. The molecule has 1 saturated heterocycles. The van der Waals surface area contributed by atoms with Gasteiger partial charge in [-0.05, 0) is 37.3 Å². The van der Waals surface area contributed by atoms with Crippen molar-refractivity contribution >= 4 is 15.9 Å². The number of aromatic nitrogens is 1. The Bertz CT molecular complexity index is 985. The van der Waals surface area contributed by atoms with Crippen LogP contribution in [0.25, 0.3) is 0 Å². The molecule has 6 nitrogen and oxygen atoms in total. The van der Waals surface area contributed by atoms with Gasteiger partial charge in [-0.1, -0.05) is 12.1 Å². The molecule has 1 aliphatic rings. The maximum absolute atomic E-state index is 12.9. The number of alkyl halides is 3. The minimum Gasteiger partial charge on any atom is -0.335 e. The minimum atomic E-state index is -4.63. The van der Waals surface area contributed by atoms with Crippen molar-refractivity contribution in [2.24, 2.45) is 0 Å². The van der Waals surface area contributed by atoms with E-state index in [2.05, 4.69) is 4.98 Å². The Morgan fingerprint density at radius 3 is 2.29 bits per heavy atom. The molecule has 2 aromatic rings. The standard InChI is InChI=1S/C18H18F3N3O3S/c1-13-4-2-7-16(22-13)17(25)23-8-10-24(11-9-23)28(26,27)15-6-3-5-14(12-15)18(19,20)21/h2-7,12H,8-11H2,1H3. The highest BCUT2D eigenvalue weighted by atomic mass is 32.2. The lowest BCUT2D eigenvalue weighted by molar-refractivity contribution is -0.137. The first kappa shape index (κ1) is 20.3. The predicted octanol–water partition coefficient (Wildman–Crippen LogP) is 2.56. The van der Waals surface area contributed by atoms with Gasteiger partial charge < -0.3 is 4.90 Å². The van der Waals surface area contributed by atoms with Gasteiger partial charge in [0.2, 0.25) is 10.0 Å². The largest absolute Gasteiger partial charge is 0.416 e. The summed E-state index contributed by atoms with van der Waals surface area (Å²) < 4.78 is 65.1. The first-order valence-corrected chi connectivity index (χ1v) is 9.93. The van der Waals surface area contributed by atoms with E-state index >= 15 is 0 Å². The molecule has 0 spiro atoms. The van der Waals surface area contributed by atoms with E-state index in [9.17, 15) is 26.4 Å². The average molecular weight is 413 g/mol. The van der Waals surface area contributed by atoms with Crippen molar-refractivity contribution in [3.05, 3.63) is 59.4 Å². The normalized spacial score (nSPS) is 16.2. The van der Waals surface area contributed by atoms with Gasteiger partial charge in [0, 0.05) is 31.9 Å². The van der Waals surface area contributed by atoms with Crippen LogP contribution in [0.1, 0.15) is 21.7 Å². The molecule has 0 aliphatic carbocycles. The zero-order chi connectivity index (χ0) is 20.5. The minimum absolute atomic E-state index is 0.00383. The second kappa shape index (κ2) is 7.51. The van der Waals surface area contributed by atoms with Crippen LogP contribution in [0.2, 0.25) is 0 Å². The Balaban J connectivity index is 1.73. The fourth-order valence-corrected chi connectivity index (χ4v) is 4.41. The van der Waals surface area contributed by atoms with Crippen LogP contribution in [-0.2, 0) is 16.2 Å². The monoisotopic (exact) mass is 413 g/mol. The molecule has 1 aliphatic heterocycles. The van der Waals surface area contributed by atoms with E-state index < -0.39 is 26.7 Å². The van der Waals surface area contributed by atoms with Crippen LogP contribution in [0.3, 0.4) is 0 Å². The second-order valence-electron chi connectivity index (χ2n) is 6.39. The molecular formula is C18H18F3N3O3S. The molecule has 10 heteroatoms. The summed E-state index contributed by atoms with van der Waals surface area (Å²) in [4.78, 5) is 17.7. The summed E-state index contributed by atoms with van der Waals surface area (Å²) in [6.07, 6.45) is -4.63. The van der Waals surface area contributed by atoms with E-state index in [-0.39, 0.29) is 37.8 Å². The van der Waals surface area contributed by atoms with Crippen LogP contribution in [0.15, 0.2) is 47.4 Å². The summed E-state index contributed by atoms with van der Waals surface area (Å²) in [6.45, 7) is 2.02. The number of carbonyl (C=O) groups excluding carboxylic acids is 1. The third kappa shape index (κ3) is 4.17. The quantitative estimate of drug-likeness (QED) is 0.776. The summed E-state index contributed by atoms with van der Waals surface area (Å²) >= 11 is 0. The molecule has 0 N–H and O–H groups in total. The number of pyridine rings is 1. The van der Waals surface area contributed by atoms with E-state index in [1.54, 1.807) is 25.1 Å². The Morgan fingerprint density at radius 1 is 1.04 bits per heavy atom. The molecule has 1 aromatic heterocycles. The average Bonchev–Trinajstić information content (AvgIpc) is 2.67. The van der Waals surface area contributed by atoms with E-state index in [0.29, 0.717) is 11.8 Å². The van der Waals surface area contributed by atoms with E-state index in [1.165, 1.54) is 4.90 Å². The molecule has 0 radical (unpaired) electrons. The van der Waals surface area contributed by atoms with Gasteiger partial charge in [-0.25, -0.2) is 13.4 Å². The number of halogens is 3. The highest BCUT2D eigenvalue weighted by Gasteiger charge is 2.34. The Hall–Kier alpha value is -2.46. The number of piperazine rings is 1. The molecule has 0 unspecified atom stereocenters. The maximum Gasteiger partial charge on any atom is 0.416 e. The highest BCUT2D eigenvalue weighted by molar-refractivity contribution is 7.89. The molecule has 28 heavy (non-hydrogen) atoms. The van der Waals surface area contributed by atoms with E-state index in [4.69, 9.17) is 0 Å². The topological polar surface area (TPSA) is 70.6 Å². The molecule has 0 atom stereocenters. The summed E-state index contributed by atoms with van der Waals surface area (Å²) in [6, 6.07) is 8.72. The number of hydrogen-bond donors (Lipinski definition) is 0. The summed E-state index contributed by atoms with van der Waals surface area (Å²) in [5, 5.41) is 0. The zero-order valence-electron chi connectivity index (χ0n) is 15.0. The summed E-state index contributed by atoms with van der Waals surface area (Å²) in [5.41, 5.74) is -0.0568. The number of nitrogens with zero attached hydrogens (tertiary/aromatic N) is 3. The van der Waals surface area contributed by atoms with Gasteiger partial charge in [0.05, 0.1) is 10.5 Å². The third-order valence-electron chi connectivity index (χ3n) is 4.43. The fraction of sp³-hybridized carbons (Fsp3) is 0.333. The van der Waals surface area contributed by atoms with Crippen molar-refractivity contribution in [2.45, 2.75) is 18.0 Å². The molecule has 0 saturated carbocycles. The lowest BCUT2D eigenvalue weighted by atomic mass is 10.2. The van der Waals surface area contributed by atoms with Crippen molar-refractivity contribution in [3.63, 3.8) is 0 Å². The van der Waals surface area contributed by atoms with E-state index in [0.717, 1.165) is 22.5 Å². The molecule has 150 valence electrons. The van der Waals surface area contributed by atoms with Crippen molar-refractivity contribution in [3.8, 4) is 0 Å². The lowest BCUT2D eigenvalue weighted by Gasteiger charge is -2.34. The SMILES string of the molecule is Cc1cccc(C(=O)N2CCN(S(=O)(=O)c3cccc(C(F)(F)F)c3)CC2)n1. The Morgan fingerprint density at radius 2 is 1.68 bits per heavy atom. The highest BCUT2D eigenvalue weighted by Crippen LogP contribution is 2.31. The van der Waals surface area contributed by atoms with Crippen LogP contribution in [0, 0.1) is 6.92 Å². The number of sulfonamides is 1. The molecule has 2 heterocycles. The third-order valence-corrected chi connectivity index (χ3v) is 6.33. The lowest BCUT2D eigenvalue weighted by Crippen LogP contribution is -2.50. The van der Waals surface area contributed by atoms with Gasteiger partial charge in [0.15, 0.2) is 0 Å². The van der Waals surface area contributed by atoms with Crippen molar-refractivity contribution in [1.29, 1.82) is 0 Å². The van der Waals surface area contributed by atoms with Crippen LogP contribution in [0.4, 0.5) is 13.2 Å². The molecular weight excluding hydrogens is 395 g/mol.